The quantitative estimate of drug-likeness (QED) is 0.787. The molecule has 0 N–H and O–H groups in total. The molecule has 5 heteroatoms. The molecule has 1 rings (SSSR count). The fourth-order valence-corrected chi connectivity index (χ4v) is 1.82. The van der Waals surface area contributed by atoms with Crippen LogP contribution < -0.4 is 9.47 Å². The van der Waals surface area contributed by atoms with Crippen molar-refractivity contribution in [2.45, 2.75) is 19.6 Å². The number of likely N-dealkylation sites (N-methyl/N-ethyl adjacent to an activating group) is 1. The van der Waals surface area contributed by atoms with Crippen molar-refractivity contribution in [3.05, 3.63) is 23.8 Å². The maximum atomic E-state index is 12.0. The summed E-state index contributed by atoms with van der Waals surface area (Å²) in [6.45, 7) is 2.16. The second-order valence-corrected chi connectivity index (χ2v) is 4.22. The molecule has 0 saturated heterocycles. The molecule has 0 bridgehead atoms. The maximum Gasteiger partial charge on any atom is 0.251 e. The van der Waals surface area contributed by atoms with E-state index in [1.807, 2.05) is 18.2 Å². The third-order valence-corrected chi connectivity index (χ3v) is 2.97. The average Bonchev–Trinajstić information content (AvgIpc) is 2.44. The van der Waals surface area contributed by atoms with Gasteiger partial charge >= 0.3 is 0 Å². The van der Waals surface area contributed by atoms with Crippen molar-refractivity contribution in [2.75, 3.05) is 28.4 Å². The summed E-state index contributed by atoms with van der Waals surface area (Å²) in [7, 11) is 6.42. The van der Waals surface area contributed by atoms with E-state index in [0.29, 0.717) is 18.0 Å². The van der Waals surface area contributed by atoms with Crippen LogP contribution in [-0.2, 0) is 16.1 Å². The molecule has 5 nitrogen and oxygen atoms in total. The van der Waals surface area contributed by atoms with Crippen LogP contribution in [0.5, 0.6) is 11.5 Å². The van der Waals surface area contributed by atoms with Crippen molar-refractivity contribution in [1.29, 1.82) is 0 Å². The van der Waals surface area contributed by atoms with Gasteiger partial charge in [-0.2, -0.15) is 0 Å². The third-order valence-electron chi connectivity index (χ3n) is 2.97. The zero-order valence-electron chi connectivity index (χ0n) is 12.1. The molecule has 0 aliphatic rings. The Bertz CT molecular complexity index is 433. The fraction of sp³-hybridized carbons (Fsp3) is 0.500. The number of hydrogen-bond donors (Lipinski definition) is 0. The monoisotopic (exact) mass is 267 g/mol. The van der Waals surface area contributed by atoms with Crippen LogP contribution in [0.4, 0.5) is 0 Å². The van der Waals surface area contributed by atoms with E-state index in [1.165, 1.54) is 7.11 Å². The molecule has 1 amide bonds. The first-order chi connectivity index (χ1) is 9.04. The highest BCUT2D eigenvalue weighted by Crippen LogP contribution is 2.31. The molecule has 0 aromatic heterocycles. The molecular weight excluding hydrogens is 246 g/mol. The summed E-state index contributed by atoms with van der Waals surface area (Å²) in [6.07, 6.45) is -0.457. The molecule has 1 unspecified atom stereocenters. The average molecular weight is 267 g/mol. The standard InChI is InChI=1S/C14H21NO4/c1-10(17-3)14(16)15(2)9-11-7-6-8-12(18-4)13(11)19-5/h6-8,10H,9H2,1-5H3. The summed E-state index contributed by atoms with van der Waals surface area (Å²) in [5.74, 6) is 1.22. The van der Waals surface area contributed by atoms with Crippen LogP contribution in [0.2, 0.25) is 0 Å². The smallest absolute Gasteiger partial charge is 0.251 e. The van der Waals surface area contributed by atoms with Gasteiger partial charge in [0, 0.05) is 26.3 Å². The molecule has 106 valence electrons. The number of carbonyl (C=O) groups is 1. The van der Waals surface area contributed by atoms with Gasteiger partial charge in [-0.15, -0.1) is 0 Å². The molecule has 0 fully saturated rings. The van der Waals surface area contributed by atoms with Gasteiger partial charge in [0.2, 0.25) is 0 Å². The lowest BCUT2D eigenvalue weighted by atomic mass is 10.1. The van der Waals surface area contributed by atoms with E-state index in [1.54, 1.807) is 33.1 Å². The van der Waals surface area contributed by atoms with Crippen LogP contribution in [0.25, 0.3) is 0 Å². The molecular formula is C14H21NO4. The first-order valence-electron chi connectivity index (χ1n) is 6.02. The second kappa shape index (κ2) is 6.99. The zero-order chi connectivity index (χ0) is 14.4. The van der Waals surface area contributed by atoms with Crippen molar-refractivity contribution in [3.63, 3.8) is 0 Å². The van der Waals surface area contributed by atoms with E-state index in [4.69, 9.17) is 14.2 Å². The minimum atomic E-state index is -0.457. The molecule has 0 saturated carbocycles. The van der Waals surface area contributed by atoms with Crippen molar-refractivity contribution in [3.8, 4) is 11.5 Å². The van der Waals surface area contributed by atoms with Crippen molar-refractivity contribution < 1.29 is 19.0 Å². The Morgan fingerprint density at radius 3 is 2.47 bits per heavy atom. The summed E-state index contributed by atoms with van der Waals surface area (Å²) < 4.78 is 15.6. The van der Waals surface area contributed by atoms with Gasteiger partial charge < -0.3 is 19.1 Å². The topological polar surface area (TPSA) is 48.0 Å². The van der Waals surface area contributed by atoms with Crippen molar-refractivity contribution >= 4 is 5.91 Å². The highest BCUT2D eigenvalue weighted by Gasteiger charge is 2.19. The number of ether oxygens (including phenoxy) is 3. The summed E-state index contributed by atoms with van der Waals surface area (Å²) in [4.78, 5) is 13.6. The Balaban J connectivity index is 2.90. The van der Waals surface area contributed by atoms with Gasteiger partial charge in [0.05, 0.1) is 14.2 Å². The molecule has 1 atom stereocenters. The third kappa shape index (κ3) is 3.61. The lowest BCUT2D eigenvalue weighted by Gasteiger charge is -2.22. The molecule has 0 spiro atoms. The lowest BCUT2D eigenvalue weighted by Crippen LogP contribution is -2.35. The first-order valence-corrected chi connectivity index (χ1v) is 6.02. The van der Waals surface area contributed by atoms with Gasteiger partial charge in [-0.25, -0.2) is 0 Å². The molecule has 1 aromatic carbocycles. The number of rotatable bonds is 6. The Labute approximate surface area is 114 Å². The highest BCUT2D eigenvalue weighted by atomic mass is 16.5. The van der Waals surface area contributed by atoms with E-state index in [9.17, 15) is 4.79 Å². The minimum absolute atomic E-state index is 0.0765. The van der Waals surface area contributed by atoms with E-state index >= 15 is 0 Å². The summed E-state index contributed by atoms with van der Waals surface area (Å²) in [6, 6.07) is 5.60. The van der Waals surface area contributed by atoms with E-state index < -0.39 is 6.10 Å². The highest BCUT2D eigenvalue weighted by molar-refractivity contribution is 5.80. The van der Waals surface area contributed by atoms with E-state index in [2.05, 4.69) is 0 Å². The molecule has 1 aromatic rings. The Morgan fingerprint density at radius 2 is 1.95 bits per heavy atom. The van der Waals surface area contributed by atoms with Gasteiger partial charge in [-0.05, 0) is 13.0 Å². The summed E-state index contributed by atoms with van der Waals surface area (Å²) in [5, 5.41) is 0. The van der Waals surface area contributed by atoms with Gasteiger partial charge in [0.1, 0.15) is 6.10 Å². The predicted octanol–water partition coefficient (Wildman–Crippen LogP) is 1.70. The number of para-hydroxylation sites is 1. The minimum Gasteiger partial charge on any atom is -0.493 e. The van der Waals surface area contributed by atoms with E-state index in [0.717, 1.165) is 5.56 Å². The number of hydrogen-bond acceptors (Lipinski definition) is 4. The molecule has 0 aliphatic carbocycles. The largest absolute Gasteiger partial charge is 0.493 e. The van der Waals surface area contributed by atoms with Gasteiger partial charge in [-0.1, -0.05) is 12.1 Å². The number of carbonyl (C=O) groups excluding carboxylic acids is 1. The Kier molecular flexibility index (Phi) is 5.63. The SMILES string of the molecule is COc1cccc(CN(C)C(=O)C(C)OC)c1OC. The van der Waals surface area contributed by atoms with Crippen molar-refractivity contribution in [1.82, 2.24) is 4.90 Å². The Hall–Kier alpha value is -1.75. The number of nitrogens with zero attached hydrogens (tertiary/aromatic N) is 1. The lowest BCUT2D eigenvalue weighted by molar-refractivity contribution is -0.140. The fourth-order valence-electron chi connectivity index (χ4n) is 1.82. The number of benzene rings is 1. The summed E-state index contributed by atoms with van der Waals surface area (Å²) in [5.41, 5.74) is 0.890. The second-order valence-electron chi connectivity index (χ2n) is 4.22. The zero-order valence-corrected chi connectivity index (χ0v) is 12.1. The first kappa shape index (κ1) is 15.3. The summed E-state index contributed by atoms with van der Waals surface area (Å²) >= 11 is 0. The number of amides is 1. The normalized spacial score (nSPS) is 11.8. The van der Waals surface area contributed by atoms with Crippen LogP contribution in [0.1, 0.15) is 12.5 Å². The van der Waals surface area contributed by atoms with Crippen LogP contribution in [0, 0.1) is 0 Å². The predicted molar refractivity (Wildman–Crippen MR) is 72.5 cm³/mol. The Morgan fingerprint density at radius 1 is 1.26 bits per heavy atom. The molecule has 0 radical (unpaired) electrons. The van der Waals surface area contributed by atoms with Crippen LogP contribution in [0.15, 0.2) is 18.2 Å². The molecule has 0 aliphatic heterocycles. The van der Waals surface area contributed by atoms with Crippen LogP contribution in [-0.4, -0.2) is 45.3 Å². The van der Waals surface area contributed by atoms with Gasteiger partial charge in [-0.3, -0.25) is 4.79 Å². The molecule has 0 heterocycles. The number of methoxy groups -OCH3 is 3. The van der Waals surface area contributed by atoms with E-state index in [-0.39, 0.29) is 5.91 Å². The van der Waals surface area contributed by atoms with Crippen LogP contribution in [0.3, 0.4) is 0 Å². The maximum absolute atomic E-state index is 12.0. The van der Waals surface area contributed by atoms with Gasteiger partial charge in [0.25, 0.3) is 5.91 Å². The molecule has 19 heavy (non-hydrogen) atoms. The van der Waals surface area contributed by atoms with Crippen molar-refractivity contribution in [2.24, 2.45) is 0 Å². The van der Waals surface area contributed by atoms with Gasteiger partial charge in [0.15, 0.2) is 11.5 Å². The van der Waals surface area contributed by atoms with Crippen LogP contribution >= 0.6 is 0 Å².